The first-order chi connectivity index (χ1) is 12.4. The third-order valence-electron chi connectivity index (χ3n) is 5.50. The molecule has 0 saturated heterocycles. The number of nitrogens with two attached hydrogens (primary N) is 1. The molecule has 1 heteroatoms. The van der Waals surface area contributed by atoms with Crippen LogP contribution in [-0.2, 0) is 0 Å². The van der Waals surface area contributed by atoms with Crippen LogP contribution in [0.2, 0.25) is 0 Å². The summed E-state index contributed by atoms with van der Waals surface area (Å²) in [6, 6.07) is 0. The summed E-state index contributed by atoms with van der Waals surface area (Å²) in [6.45, 7) is 0.862. The molecule has 0 aliphatic heterocycles. The molecule has 0 amide bonds. The molecule has 1 nitrogen and oxygen atoms in total. The smallest absolute Gasteiger partial charge is 0.00773 e. The van der Waals surface area contributed by atoms with Crippen LogP contribution in [0.4, 0.5) is 0 Å². The highest BCUT2D eigenvalue weighted by Crippen LogP contribution is 2.23. The van der Waals surface area contributed by atoms with E-state index in [1.807, 2.05) is 0 Å². The minimum absolute atomic E-state index is 0.862. The molecule has 1 saturated carbocycles. The van der Waals surface area contributed by atoms with Crippen LogP contribution in [0.3, 0.4) is 0 Å². The highest BCUT2D eigenvalue weighted by Gasteiger charge is 2.03. The minimum Gasteiger partial charge on any atom is -0.330 e. The first-order valence-electron chi connectivity index (χ1n) is 11.5. The van der Waals surface area contributed by atoms with Crippen molar-refractivity contribution >= 4 is 0 Å². The summed E-state index contributed by atoms with van der Waals surface area (Å²) >= 11 is 0. The number of allylic oxidation sites excluding steroid dienone is 4. The maximum absolute atomic E-state index is 5.51. The van der Waals surface area contributed by atoms with Crippen molar-refractivity contribution in [3.63, 3.8) is 0 Å². The third kappa shape index (κ3) is 15.4. The van der Waals surface area contributed by atoms with Gasteiger partial charge in [0.15, 0.2) is 0 Å². The lowest BCUT2D eigenvalue weighted by Gasteiger charge is -2.13. The van der Waals surface area contributed by atoms with Crippen molar-refractivity contribution in [2.45, 2.75) is 122 Å². The molecule has 25 heavy (non-hydrogen) atoms. The molecule has 0 spiro atoms. The van der Waals surface area contributed by atoms with Gasteiger partial charge in [-0.2, -0.15) is 0 Å². The second kappa shape index (κ2) is 18.2. The lowest BCUT2D eigenvalue weighted by molar-refractivity contribution is 0.589. The van der Waals surface area contributed by atoms with Gasteiger partial charge in [-0.15, -0.1) is 0 Å². The zero-order valence-corrected chi connectivity index (χ0v) is 17.0. The standard InChI is InChI=1S/C24H45N/c25-23-19-14-12-10-8-6-4-2-1-3-5-7-9-11-13-16-20-24-21-17-15-18-22-24/h1-2,20H,3-19,21-23,25H2/b2-1-. The van der Waals surface area contributed by atoms with E-state index in [2.05, 4.69) is 18.2 Å². The topological polar surface area (TPSA) is 26.0 Å². The van der Waals surface area contributed by atoms with Crippen molar-refractivity contribution in [2.75, 3.05) is 6.54 Å². The average molecular weight is 348 g/mol. The van der Waals surface area contributed by atoms with Crippen LogP contribution in [0, 0.1) is 0 Å². The summed E-state index contributed by atoms with van der Waals surface area (Å²) in [5.41, 5.74) is 7.26. The molecule has 0 radical (unpaired) electrons. The predicted molar refractivity (Wildman–Crippen MR) is 114 cm³/mol. The van der Waals surface area contributed by atoms with E-state index in [1.54, 1.807) is 5.57 Å². The Morgan fingerprint density at radius 1 is 0.560 bits per heavy atom. The number of hydrogen-bond acceptors (Lipinski definition) is 1. The van der Waals surface area contributed by atoms with Gasteiger partial charge in [0.2, 0.25) is 0 Å². The summed E-state index contributed by atoms with van der Waals surface area (Å²) in [6.07, 6.45) is 33.5. The molecule has 1 aliphatic rings. The number of unbranched alkanes of at least 4 members (excludes halogenated alkanes) is 12. The van der Waals surface area contributed by atoms with E-state index in [0.29, 0.717) is 0 Å². The minimum atomic E-state index is 0.862. The zero-order chi connectivity index (χ0) is 17.8. The van der Waals surface area contributed by atoms with Crippen molar-refractivity contribution in [1.82, 2.24) is 0 Å². The van der Waals surface area contributed by atoms with Gasteiger partial charge in [0.05, 0.1) is 0 Å². The molecule has 0 heterocycles. The number of hydrogen-bond donors (Lipinski definition) is 1. The molecule has 146 valence electrons. The Hall–Kier alpha value is -0.560. The normalized spacial score (nSPS) is 15.2. The van der Waals surface area contributed by atoms with Crippen molar-refractivity contribution in [3.8, 4) is 0 Å². The predicted octanol–water partition coefficient (Wildman–Crippen LogP) is 7.85. The van der Waals surface area contributed by atoms with E-state index >= 15 is 0 Å². The summed E-state index contributed by atoms with van der Waals surface area (Å²) in [5, 5.41) is 0. The summed E-state index contributed by atoms with van der Waals surface area (Å²) in [5.74, 6) is 0. The van der Waals surface area contributed by atoms with Crippen LogP contribution >= 0.6 is 0 Å². The SMILES string of the molecule is NCCCCCCCC/C=C\CCCCCCCC=C1CCCCC1. The molecule has 2 N–H and O–H groups in total. The third-order valence-corrected chi connectivity index (χ3v) is 5.50. The monoisotopic (exact) mass is 347 g/mol. The van der Waals surface area contributed by atoms with Gasteiger partial charge in [0.1, 0.15) is 0 Å². The second-order valence-corrected chi connectivity index (χ2v) is 7.94. The molecule has 0 atom stereocenters. The van der Waals surface area contributed by atoms with Crippen molar-refractivity contribution < 1.29 is 0 Å². The van der Waals surface area contributed by atoms with Crippen LogP contribution in [-0.4, -0.2) is 6.54 Å². The fourth-order valence-electron chi connectivity index (χ4n) is 3.80. The highest BCUT2D eigenvalue weighted by molar-refractivity contribution is 5.03. The van der Waals surface area contributed by atoms with Crippen molar-refractivity contribution in [1.29, 1.82) is 0 Å². The highest BCUT2D eigenvalue weighted by atomic mass is 14.5. The Balaban J connectivity index is 1.75. The summed E-state index contributed by atoms with van der Waals surface area (Å²) in [4.78, 5) is 0. The van der Waals surface area contributed by atoms with Crippen LogP contribution in [0.5, 0.6) is 0 Å². The van der Waals surface area contributed by atoms with Crippen LogP contribution in [0.1, 0.15) is 122 Å². The molecule has 0 aromatic heterocycles. The second-order valence-electron chi connectivity index (χ2n) is 7.94. The van der Waals surface area contributed by atoms with E-state index in [-0.39, 0.29) is 0 Å². The quantitative estimate of drug-likeness (QED) is 0.223. The lowest BCUT2D eigenvalue weighted by Crippen LogP contribution is -1.97. The van der Waals surface area contributed by atoms with Crippen molar-refractivity contribution in [3.05, 3.63) is 23.8 Å². The van der Waals surface area contributed by atoms with Crippen LogP contribution in [0.25, 0.3) is 0 Å². The molecule has 0 aromatic carbocycles. The molecule has 0 bridgehead atoms. The lowest BCUT2D eigenvalue weighted by atomic mass is 9.94. The molecular formula is C24H45N. The van der Waals surface area contributed by atoms with Gasteiger partial charge in [-0.1, -0.05) is 75.2 Å². The fraction of sp³-hybridized carbons (Fsp3) is 0.833. The molecule has 1 aliphatic carbocycles. The van der Waals surface area contributed by atoms with Crippen molar-refractivity contribution in [2.24, 2.45) is 5.73 Å². The van der Waals surface area contributed by atoms with Gasteiger partial charge >= 0.3 is 0 Å². The van der Waals surface area contributed by atoms with Gasteiger partial charge in [0.25, 0.3) is 0 Å². The molecule has 0 unspecified atom stereocenters. The summed E-state index contributed by atoms with van der Waals surface area (Å²) < 4.78 is 0. The average Bonchev–Trinajstić information content (AvgIpc) is 2.65. The Morgan fingerprint density at radius 3 is 1.60 bits per heavy atom. The van der Waals surface area contributed by atoms with E-state index < -0.39 is 0 Å². The van der Waals surface area contributed by atoms with E-state index in [9.17, 15) is 0 Å². The first kappa shape index (κ1) is 22.5. The zero-order valence-electron chi connectivity index (χ0n) is 17.0. The first-order valence-corrected chi connectivity index (χ1v) is 11.5. The van der Waals surface area contributed by atoms with Crippen LogP contribution < -0.4 is 5.73 Å². The van der Waals surface area contributed by atoms with E-state index in [0.717, 1.165) is 6.54 Å². The van der Waals surface area contributed by atoms with Gasteiger partial charge < -0.3 is 5.73 Å². The molecule has 1 fully saturated rings. The Bertz CT molecular complexity index is 321. The van der Waals surface area contributed by atoms with Gasteiger partial charge in [0, 0.05) is 0 Å². The molecule has 1 rings (SSSR count). The largest absolute Gasteiger partial charge is 0.330 e. The molecule has 0 aromatic rings. The maximum atomic E-state index is 5.51. The summed E-state index contributed by atoms with van der Waals surface area (Å²) in [7, 11) is 0. The Labute approximate surface area is 158 Å². The maximum Gasteiger partial charge on any atom is -0.00773 e. The van der Waals surface area contributed by atoms with Crippen LogP contribution in [0.15, 0.2) is 23.8 Å². The van der Waals surface area contributed by atoms with E-state index in [1.165, 1.54) is 122 Å². The van der Waals surface area contributed by atoms with Gasteiger partial charge in [-0.3, -0.25) is 0 Å². The van der Waals surface area contributed by atoms with E-state index in [4.69, 9.17) is 5.73 Å². The van der Waals surface area contributed by atoms with Gasteiger partial charge in [-0.05, 0) is 77.2 Å². The molecular weight excluding hydrogens is 302 g/mol. The Kier molecular flexibility index (Phi) is 16.4. The Morgan fingerprint density at radius 2 is 1.04 bits per heavy atom. The number of rotatable bonds is 16. The fourth-order valence-corrected chi connectivity index (χ4v) is 3.80. The van der Waals surface area contributed by atoms with Gasteiger partial charge in [-0.25, -0.2) is 0 Å².